The molecule has 2 aliphatic heterocycles. The zero-order chi connectivity index (χ0) is 8.84. The molecule has 0 aromatic heterocycles. The van der Waals surface area contributed by atoms with Crippen LogP contribution in [0.3, 0.4) is 0 Å². The number of carbonyl (C=O) groups excluding carboxylic acids is 1. The summed E-state index contributed by atoms with van der Waals surface area (Å²) in [5.74, 6) is 0.197. The lowest BCUT2D eigenvalue weighted by Gasteiger charge is -2.13. The van der Waals surface area contributed by atoms with E-state index in [-0.39, 0.29) is 5.91 Å². The maximum absolute atomic E-state index is 11.8. The van der Waals surface area contributed by atoms with E-state index < -0.39 is 0 Å². The molecular formula is C11H10NO. The van der Waals surface area contributed by atoms with Gasteiger partial charge in [0, 0.05) is 12.1 Å². The Bertz CT molecular complexity index is 372. The fourth-order valence-electron chi connectivity index (χ4n) is 2.25. The molecule has 2 heteroatoms. The van der Waals surface area contributed by atoms with Crippen molar-refractivity contribution in [3.63, 3.8) is 0 Å². The highest BCUT2D eigenvalue weighted by atomic mass is 16.2. The van der Waals surface area contributed by atoms with Crippen molar-refractivity contribution >= 4 is 5.91 Å². The van der Waals surface area contributed by atoms with Gasteiger partial charge in [-0.3, -0.25) is 4.79 Å². The van der Waals surface area contributed by atoms with Gasteiger partial charge in [0.25, 0.3) is 5.91 Å². The molecule has 13 heavy (non-hydrogen) atoms. The molecule has 0 spiro atoms. The first kappa shape index (κ1) is 7.13. The first-order chi connectivity index (χ1) is 6.38. The van der Waals surface area contributed by atoms with E-state index >= 15 is 0 Å². The van der Waals surface area contributed by atoms with Gasteiger partial charge >= 0.3 is 0 Å². The van der Waals surface area contributed by atoms with Gasteiger partial charge in [-0.05, 0) is 24.5 Å². The molecule has 0 atom stereocenters. The third-order valence-corrected chi connectivity index (χ3v) is 2.83. The molecule has 0 unspecified atom stereocenters. The lowest BCUT2D eigenvalue weighted by molar-refractivity contribution is 0.0828. The quantitative estimate of drug-likeness (QED) is 0.584. The first-order valence-corrected chi connectivity index (χ1v) is 4.65. The molecule has 0 aliphatic carbocycles. The van der Waals surface area contributed by atoms with Crippen molar-refractivity contribution in [3.8, 4) is 0 Å². The minimum absolute atomic E-state index is 0.197. The molecular weight excluding hydrogens is 162 g/mol. The average Bonchev–Trinajstić information content (AvgIpc) is 2.72. The number of hydrogen-bond acceptors (Lipinski definition) is 1. The van der Waals surface area contributed by atoms with E-state index in [4.69, 9.17) is 0 Å². The van der Waals surface area contributed by atoms with Crippen LogP contribution in [0, 0.1) is 6.04 Å². The highest BCUT2D eigenvalue weighted by Crippen LogP contribution is 2.39. The van der Waals surface area contributed by atoms with E-state index in [1.807, 2.05) is 29.2 Å². The lowest BCUT2D eigenvalue weighted by Crippen LogP contribution is -2.23. The Morgan fingerprint density at radius 2 is 1.92 bits per heavy atom. The number of fused-ring (bicyclic) bond motifs is 3. The van der Waals surface area contributed by atoms with E-state index in [2.05, 4.69) is 0 Å². The molecule has 1 fully saturated rings. The van der Waals surface area contributed by atoms with Gasteiger partial charge in [0.15, 0.2) is 0 Å². The van der Waals surface area contributed by atoms with Crippen LogP contribution in [0.15, 0.2) is 24.3 Å². The van der Waals surface area contributed by atoms with Gasteiger partial charge in [0.2, 0.25) is 0 Å². The minimum atomic E-state index is 0.197. The van der Waals surface area contributed by atoms with Crippen LogP contribution in [0.2, 0.25) is 0 Å². The summed E-state index contributed by atoms with van der Waals surface area (Å²) >= 11 is 0. The summed E-state index contributed by atoms with van der Waals surface area (Å²) in [6.07, 6.45) is 2.18. The van der Waals surface area contributed by atoms with Crippen LogP contribution in [-0.4, -0.2) is 17.4 Å². The Morgan fingerprint density at radius 1 is 1.15 bits per heavy atom. The fraction of sp³-hybridized carbons (Fsp3) is 0.273. The van der Waals surface area contributed by atoms with Crippen LogP contribution in [0.25, 0.3) is 0 Å². The Kier molecular flexibility index (Phi) is 1.29. The molecule has 1 aromatic carbocycles. The zero-order valence-corrected chi connectivity index (χ0v) is 7.29. The van der Waals surface area contributed by atoms with Crippen molar-refractivity contribution in [2.24, 2.45) is 0 Å². The number of carbonyl (C=O) groups is 1. The molecule has 0 bridgehead atoms. The molecule has 2 heterocycles. The molecule has 2 aliphatic rings. The van der Waals surface area contributed by atoms with Crippen molar-refractivity contribution in [2.45, 2.75) is 12.8 Å². The maximum atomic E-state index is 11.8. The summed E-state index contributed by atoms with van der Waals surface area (Å²) in [6, 6.07) is 9.14. The number of benzene rings is 1. The predicted molar refractivity (Wildman–Crippen MR) is 49.1 cm³/mol. The predicted octanol–water partition coefficient (Wildman–Crippen LogP) is 1.82. The smallest absolute Gasteiger partial charge is 0.255 e. The normalized spacial score (nSPS) is 20.6. The van der Waals surface area contributed by atoms with Crippen LogP contribution in [0.5, 0.6) is 0 Å². The highest BCUT2D eigenvalue weighted by Gasteiger charge is 2.39. The molecule has 1 radical (unpaired) electrons. The second-order valence-electron chi connectivity index (χ2n) is 3.55. The van der Waals surface area contributed by atoms with Gasteiger partial charge in [-0.1, -0.05) is 18.2 Å². The van der Waals surface area contributed by atoms with E-state index in [9.17, 15) is 4.79 Å². The van der Waals surface area contributed by atoms with Gasteiger partial charge < -0.3 is 4.90 Å². The third-order valence-electron chi connectivity index (χ3n) is 2.83. The Morgan fingerprint density at radius 3 is 2.77 bits per heavy atom. The number of hydrogen-bond donors (Lipinski definition) is 0. The lowest BCUT2D eigenvalue weighted by atomic mass is 10.0. The topological polar surface area (TPSA) is 20.3 Å². The van der Waals surface area contributed by atoms with Crippen LogP contribution in [-0.2, 0) is 0 Å². The van der Waals surface area contributed by atoms with E-state index in [1.165, 1.54) is 6.04 Å². The van der Waals surface area contributed by atoms with E-state index in [0.29, 0.717) is 0 Å². The first-order valence-electron chi connectivity index (χ1n) is 4.65. The SMILES string of the molecule is O=C1c2ccccc2[C]2CCCN21. The second-order valence-corrected chi connectivity index (χ2v) is 3.55. The van der Waals surface area contributed by atoms with Crippen LogP contribution >= 0.6 is 0 Å². The zero-order valence-electron chi connectivity index (χ0n) is 7.29. The summed E-state index contributed by atoms with van der Waals surface area (Å²) in [7, 11) is 0. The van der Waals surface area contributed by atoms with Crippen molar-refractivity contribution in [1.82, 2.24) is 4.90 Å². The largest absolute Gasteiger partial charge is 0.326 e. The van der Waals surface area contributed by atoms with Crippen LogP contribution < -0.4 is 0 Å². The summed E-state index contributed by atoms with van der Waals surface area (Å²) in [6.45, 7) is 0.906. The van der Waals surface area contributed by atoms with Gasteiger partial charge in [0.05, 0.1) is 6.04 Å². The van der Waals surface area contributed by atoms with E-state index in [1.54, 1.807) is 0 Å². The van der Waals surface area contributed by atoms with Crippen molar-refractivity contribution in [3.05, 3.63) is 41.4 Å². The number of amides is 1. The molecule has 1 aromatic rings. The standard InChI is InChI=1S/C11H10NO/c13-11-9-5-2-1-4-8(9)10-6-3-7-12(10)11/h1-2,4-5H,3,6-7H2. The summed E-state index contributed by atoms with van der Waals surface area (Å²) in [5, 5.41) is 0. The summed E-state index contributed by atoms with van der Waals surface area (Å²) in [4.78, 5) is 13.7. The summed E-state index contributed by atoms with van der Waals surface area (Å²) < 4.78 is 0. The van der Waals surface area contributed by atoms with Crippen LogP contribution in [0.1, 0.15) is 28.8 Å². The minimum Gasteiger partial charge on any atom is -0.326 e. The fourth-order valence-corrected chi connectivity index (χ4v) is 2.25. The Hall–Kier alpha value is -1.31. The molecule has 0 N–H and O–H groups in total. The van der Waals surface area contributed by atoms with Crippen molar-refractivity contribution in [1.29, 1.82) is 0 Å². The molecule has 0 saturated carbocycles. The number of nitrogens with zero attached hydrogens (tertiary/aromatic N) is 1. The number of rotatable bonds is 0. The van der Waals surface area contributed by atoms with Crippen LogP contribution in [0.4, 0.5) is 0 Å². The maximum Gasteiger partial charge on any atom is 0.255 e. The summed E-state index contributed by atoms with van der Waals surface area (Å²) in [5.41, 5.74) is 2.04. The average molecular weight is 172 g/mol. The van der Waals surface area contributed by atoms with Gasteiger partial charge in [0.1, 0.15) is 0 Å². The second kappa shape index (κ2) is 2.34. The molecule has 1 saturated heterocycles. The van der Waals surface area contributed by atoms with Crippen molar-refractivity contribution in [2.75, 3.05) is 6.54 Å². The Labute approximate surface area is 77.2 Å². The molecule has 3 rings (SSSR count). The van der Waals surface area contributed by atoms with E-state index in [0.717, 1.165) is 30.5 Å². The van der Waals surface area contributed by atoms with Gasteiger partial charge in [-0.2, -0.15) is 0 Å². The van der Waals surface area contributed by atoms with Gasteiger partial charge in [-0.15, -0.1) is 0 Å². The Balaban J connectivity index is 2.19. The van der Waals surface area contributed by atoms with Crippen molar-refractivity contribution < 1.29 is 4.79 Å². The monoisotopic (exact) mass is 172 g/mol. The third kappa shape index (κ3) is 0.804. The molecule has 2 nitrogen and oxygen atoms in total. The molecule has 1 amide bonds. The van der Waals surface area contributed by atoms with Gasteiger partial charge in [-0.25, -0.2) is 0 Å². The molecule has 65 valence electrons. The highest BCUT2D eigenvalue weighted by molar-refractivity contribution is 6.01.